The lowest BCUT2D eigenvalue weighted by molar-refractivity contribution is -0.137. The van der Waals surface area contributed by atoms with Crippen molar-refractivity contribution < 1.29 is 17.6 Å². The van der Waals surface area contributed by atoms with Crippen molar-refractivity contribution in [3.8, 4) is 0 Å². The van der Waals surface area contributed by atoms with Crippen molar-refractivity contribution in [1.29, 1.82) is 0 Å². The van der Waals surface area contributed by atoms with Crippen molar-refractivity contribution in [2.45, 2.75) is 32.0 Å². The second kappa shape index (κ2) is 9.29. The van der Waals surface area contributed by atoms with Crippen molar-refractivity contribution in [3.63, 3.8) is 0 Å². The maximum atomic E-state index is 12.9. The molecule has 1 aromatic heterocycles. The lowest BCUT2D eigenvalue weighted by atomic mass is 9.84. The molecule has 0 amide bonds. The third-order valence-electron chi connectivity index (χ3n) is 3.90. The summed E-state index contributed by atoms with van der Waals surface area (Å²) in [6.07, 6.45) is -2.76. The van der Waals surface area contributed by atoms with Crippen LogP contribution in [0, 0.1) is 0 Å². The standard InChI is InChI=1S/C18H22F3N3O.HI/c1-17(2,13-6-4-7-14(10-13)18(19,20)21)12-24-16(22-3)23-11-15-8-5-9-25-15;/h4-10H,11-12H2,1-3H3,(H2,22,23,24);1H. The van der Waals surface area contributed by atoms with Crippen LogP contribution >= 0.6 is 24.0 Å². The highest BCUT2D eigenvalue weighted by Crippen LogP contribution is 2.32. The molecule has 1 heterocycles. The number of alkyl halides is 3. The van der Waals surface area contributed by atoms with Crippen LogP contribution in [0.1, 0.15) is 30.7 Å². The summed E-state index contributed by atoms with van der Waals surface area (Å²) in [4.78, 5) is 4.11. The molecule has 8 heteroatoms. The maximum Gasteiger partial charge on any atom is 0.416 e. The molecule has 0 fully saturated rings. The van der Waals surface area contributed by atoms with Gasteiger partial charge in [0.05, 0.1) is 18.4 Å². The fraction of sp³-hybridized carbons (Fsp3) is 0.389. The van der Waals surface area contributed by atoms with E-state index in [1.54, 1.807) is 25.4 Å². The predicted molar refractivity (Wildman–Crippen MR) is 107 cm³/mol. The van der Waals surface area contributed by atoms with Crippen LogP contribution in [0.3, 0.4) is 0 Å². The summed E-state index contributed by atoms with van der Waals surface area (Å²) in [5.74, 6) is 1.32. The fourth-order valence-electron chi connectivity index (χ4n) is 2.33. The summed E-state index contributed by atoms with van der Waals surface area (Å²) < 4.78 is 44.0. The number of hydrogen-bond acceptors (Lipinski definition) is 2. The third-order valence-corrected chi connectivity index (χ3v) is 3.90. The van der Waals surface area contributed by atoms with Crippen molar-refractivity contribution in [3.05, 3.63) is 59.5 Å². The minimum Gasteiger partial charge on any atom is -0.467 e. The van der Waals surface area contributed by atoms with E-state index in [9.17, 15) is 13.2 Å². The SMILES string of the molecule is CN=C(NCc1ccco1)NCC(C)(C)c1cccc(C(F)(F)F)c1.I. The summed E-state index contributed by atoms with van der Waals surface area (Å²) in [5, 5.41) is 6.24. The zero-order valence-corrected chi connectivity index (χ0v) is 17.2. The lowest BCUT2D eigenvalue weighted by Gasteiger charge is -2.27. The Labute approximate surface area is 168 Å². The first-order valence-corrected chi connectivity index (χ1v) is 7.87. The van der Waals surface area contributed by atoms with Crippen molar-refractivity contribution in [2.75, 3.05) is 13.6 Å². The molecule has 1 aromatic carbocycles. The predicted octanol–water partition coefficient (Wildman–Crippen LogP) is 4.56. The van der Waals surface area contributed by atoms with Gasteiger partial charge in [0.1, 0.15) is 5.76 Å². The van der Waals surface area contributed by atoms with E-state index >= 15 is 0 Å². The van der Waals surface area contributed by atoms with E-state index in [4.69, 9.17) is 4.42 Å². The molecule has 4 nitrogen and oxygen atoms in total. The van der Waals surface area contributed by atoms with E-state index in [2.05, 4.69) is 15.6 Å². The van der Waals surface area contributed by atoms with Gasteiger partial charge in [-0.15, -0.1) is 24.0 Å². The summed E-state index contributed by atoms with van der Waals surface area (Å²) >= 11 is 0. The van der Waals surface area contributed by atoms with E-state index in [-0.39, 0.29) is 24.0 Å². The molecular weight excluding hydrogens is 458 g/mol. The number of nitrogens with zero attached hydrogens (tertiary/aromatic N) is 1. The molecule has 26 heavy (non-hydrogen) atoms. The van der Waals surface area contributed by atoms with Gasteiger partial charge in [0.25, 0.3) is 0 Å². The molecule has 2 rings (SSSR count). The Hall–Kier alpha value is -1.71. The molecule has 2 aromatic rings. The Kier molecular flexibility index (Phi) is 7.98. The van der Waals surface area contributed by atoms with E-state index in [1.165, 1.54) is 12.1 Å². The van der Waals surface area contributed by atoms with Crippen LogP contribution in [0.4, 0.5) is 13.2 Å². The number of guanidine groups is 1. The van der Waals surface area contributed by atoms with Crippen molar-refractivity contribution in [2.24, 2.45) is 4.99 Å². The minimum absolute atomic E-state index is 0. The number of aliphatic imine (C=N–C) groups is 1. The van der Waals surface area contributed by atoms with Gasteiger partial charge >= 0.3 is 6.18 Å². The highest BCUT2D eigenvalue weighted by Gasteiger charge is 2.32. The lowest BCUT2D eigenvalue weighted by Crippen LogP contribution is -2.43. The Morgan fingerprint density at radius 1 is 1.08 bits per heavy atom. The molecule has 0 aliphatic rings. The largest absolute Gasteiger partial charge is 0.467 e. The molecule has 0 aliphatic carbocycles. The molecule has 0 saturated carbocycles. The number of halogens is 4. The van der Waals surface area contributed by atoms with E-state index in [0.717, 1.165) is 11.8 Å². The van der Waals surface area contributed by atoms with E-state index in [1.807, 2.05) is 19.9 Å². The van der Waals surface area contributed by atoms with Crippen LogP contribution in [-0.4, -0.2) is 19.6 Å². The van der Waals surface area contributed by atoms with Crippen LogP contribution in [0.2, 0.25) is 0 Å². The van der Waals surface area contributed by atoms with Gasteiger partial charge in [-0.2, -0.15) is 13.2 Å². The molecule has 144 valence electrons. The van der Waals surface area contributed by atoms with Crippen LogP contribution in [0.5, 0.6) is 0 Å². The van der Waals surface area contributed by atoms with Gasteiger partial charge in [0, 0.05) is 19.0 Å². The Balaban J connectivity index is 0.00000338. The molecule has 0 atom stereocenters. The average Bonchev–Trinajstić information content (AvgIpc) is 3.08. The zero-order chi connectivity index (χ0) is 18.5. The number of benzene rings is 1. The average molecular weight is 481 g/mol. The molecule has 2 N–H and O–H groups in total. The Bertz CT molecular complexity index is 713. The summed E-state index contributed by atoms with van der Waals surface area (Å²) in [7, 11) is 1.63. The second-order valence-corrected chi connectivity index (χ2v) is 6.32. The van der Waals surface area contributed by atoms with Crippen LogP contribution < -0.4 is 10.6 Å². The van der Waals surface area contributed by atoms with Gasteiger partial charge in [-0.3, -0.25) is 4.99 Å². The van der Waals surface area contributed by atoms with E-state index < -0.39 is 17.2 Å². The van der Waals surface area contributed by atoms with Gasteiger partial charge in [0.2, 0.25) is 0 Å². The van der Waals surface area contributed by atoms with Crippen LogP contribution in [-0.2, 0) is 18.1 Å². The van der Waals surface area contributed by atoms with Gasteiger partial charge in [-0.1, -0.05) is 32.0 Å². The smallest absolute Gasteiger partial charge is 0.416 e. The molecule has 0 spiro atoms. The summed E-state index contributed by atoms with van der Waals surface area (Å²) in [5.41, 5.74) is -0.543. The number of nitrogens with one attached hydrogen (secondary N) is 2. The van der Waals surface area contributed by atoms with Crippen molar-refractivity contribution in [1.82, 2.24) is 10.6 Å². The molecule has 0 aliphatic heterocycles. The quantitative estimate of drug-likeness (QED) is 0.374. The Morgan fingerprint density at radius 2 is 1.77 bits per heavy atom. The van der Waals surface area contributed by atoms with E-state index in [0.29, 0.717) is 24.6 Å². The van der Waals surface area contributed by atoms with Gasteiger partial charge in [-0.05, 0) is 23.8 Å². The topological polar surface area (TPSA) is 49.6 Å². The molecule has 0 bridgehead atoms. The first-order valence-electron chi connectivity index (χ1n) is 7.87. The van der Waals surface area contributed by atoms with Gasteiger partial charge in [0.15, 0.2) is 5.96 Å². The van der Waals surface area contributed by atoms with Crippen LogP contribution in [0.15, 0.2) is 52.1 Å². The maximum absolute atomic E-state index is 12.9. The number of hydrogen-bond donors (Lipinski definition) is 2. The molecule has 0 unspecified atom stereocenters. The number of furan rings is 1. The van der Waals surface area contributed by atoms with Crippen molar-refractivity contribution >= 4 is 29.9 Å². The van der Waals surface area contributed by atoms with Crippen LogP contribution in [0.25, 0.3) is 0 Å². The number of rotatable bonds is 5. The highest BCUT2D eigenvalue weighted by atomic mass is 127. The zero-order valence-electron chi connectivity index (χ0n) is 14.9. The van der Waals surface area contributed by atoms with Gasteiger partial charge in [-0.25, -0.2) is 0 Å². The first-order chi connectivity index (χ1) is 11.7. The fourth-order valence-corrected chi connectivity index (χ4v) is 2.33. The monoisotopic (exact) mass is 481 g/mol. The molecule has 0 saturated heterocycles. The Morgan fingerprint density at radius 3 is 2.35 bits per heavy atom. The minimum atomic E-state index is -4.35. The third kappa shape index (κ3) is 6.22. The summed E-state index contributed by atoms with van der Waals surface area (Å²) in [6.45, 7) is 4.66. The molecular formula is C18H23F3IN3O. The molecule has 0 radical (unpaired) electrons. The highest BCUT2D eigenvalue weighted by molar-refractivity contribution is 14.0. The van der Waals surface area contributed by atoms with Gasteiger partial charge < -0.3 is 15.1 Å². The second-order valence-electron chi connectivity index (χ2n) is 6.32. The first kappa shape index (κ1) is 22.3. The normalized spacial score (nSPS) is 12.5. The summed E-state index contributed by atoms with van der Waals surface area (Å²) in [6, 6.07) is 9.05.